The van der Waals surface area contributed by atoms with Gasteiger partial charge in [0, 0.05) is 0 Å². The summed E-state index contributed by atoms with van der Waals surface area (Å²) in [6.45, 7) is 0. The summed E-state index contributed by atoms with van der Waals surface area (Å²) in [6, 6.07) is 6.53. The molecule has 1 aromatic carbocycles. The lowest BCUT2D eigenvalue weighted by molar-refractivity contribution is 0.627. The van der Waals surface area contributed by atoms with Gasteiger partial charge in [-0.15, -0.1) is 0 Å². The molecule has 0 radical (unpaired) electrons. The van der Waals surface area contributed by atoms with E-state index in [0.717, 1.165) is 27.9 Å². The second-order valence-corrected chi connectivity index (χ2v) is 5.75. The molecule has 2 nitrogen and oxygen atoms in total. The lowest BCUT2D eigenvalue weighted by Gasteiger charge is -1.99. The molecule has 0 bridgehead atoms. The molecule has 0 amide bonds. The van der Waals surface area contributed by atoms with E-state index < -0.39 is 0 Å². The van der Waals surface area contributed by atoms with Gasteiger partial charge in [-0.05, 0) is 46.5 Å². The Morgan fingerprint density at radius 3 is 2.50 bits per heavy atom. The molecule has 0 aliphatic carbocycles. The van der Waals surface area contributed by atoms with E-state index in [1.54, 1.807) is 12.1 Å². The van der Waals surface area contributed by atoms with Gasteiger partial charge in [0.05, 0.1) is 9.48 Å². The summed E-state index contributed by atoms with van der Waals surface area (Å²) < 4.78 is 13.7. The number of halogens is 2. The van der Waals surface area contributed by atoms with Crippen LogP contribution >= 0.6 is 27.3 Å². The molecule has 2 rings (SSSR count). The van der Waals surface area contributed by atoms with Gasteiger partial charge >= 0.3 is 0 Å². The number of anilines is 1. The summed E-state index contributed by atoms with van der Waals surface area (Å²) in [6.07, 6.45) is 1.64. The van der Waals surface area contributed by atoms with Crippen molar-refractivity contribution in [3.63, 3.8) is 0 Å². The molecule has 0 aliphatic rings. The van der Waals surface area contributed by atoms with Gasteiger partial charge in [0.2, 0.25) is 0 Å². The Bertz CT molecular complexity index is 481. The van der Waals surface area contributed by atoms with E-state index in [1.807, 2.05) is 0 Å². The van der Waals surface area contributed by atoms with Crippen LogP contribution in [0.25, 0.3) is 0 Å². The number of rotatable bonds is 3. The van der Waals surface area contributed by atoms with Gasteiger partial charge in [0.25, 0.3) is 0 Å². The number of nitrogen functional groups attached to an aromatic ring is 1. The normalized spacial score (nSPS) is 10.6. The van der Waals surface area contributed by atoms with Crippen LogP contribution in [-0.2, 0) is 12.8 Å². The third-order valence-corrected chi connectivity index (χ3v) is 3.89. The SMILES string of the molecule is Nc1nc(CCc2ccc(F)cc2)c(Br)s1. The van der Waals surface area contributed by atoms with Crippen molar-refractivity contribution in [1.29, 1.82) is 0 Å². The molecule has 0 atom stereocenters. The molecular weight excluding hydrogens is 291 g/mol. The first-order valence-corrected chi connectivity index (χ1v) is 6.41. The van der Waals surface area contributed by atoms with E-state index in [-0.39, 0.29) is 5.82 Å². The Morgan fingerprint density at radius 1 is 1.25 bits per heavy atom. The third-order valence-electron chi connectivity index (χ3n) is 2.23. The quantitative estimate of drug-likeness (QED) is 0.943. The topological polar surface area (TPSA) is 38.9 Å². The zero-order chi connectivity index (χ0) is 11.5. The number of hydrogen-bond acceptors (Lipinski definition) is 3. The molecule has 0 saturated heterocycles. The molecule has 1 aromatic heterocycles. The van der Waals surface area contributed by atoms with Crippen molar-refractivity contribution < 1.29 is 4.39 Å². The minimum atomic E-state index is -0.206. The molecule has 0 fully saturated rings. The van der Waals surface area contributed by atoms with Crippen LogP contribution in [0, 0.1) is 5.82 Å². The molecule has 84 valence electrons. The fourth-order valence-corrected chi connectivity index (χ4v) is 2.81. The summed E-state index contributed by atoms with van der Waals surface area (Å²) in [5.74, 6) is -0.206. The van der Waals surface area contributed by atoms with Crippen molar-refractivity contribution >= 4 is 32.4 Å². The second kappa shape index (κ2) is 4.93. The molecule has 2 N–H and O–H groups in total. The molecule has 2 aromatic rings. The lowest BCUT2D eigenvalue weighted by atomic mass is 10.1. The van der Waals surface area contributed by atoms with Gasteiger partial charge in [0.1, 0.15) is 5.82 Å². The van der Waals surface area contributed by atoms with E-state index in [0.29, 0.717) is 5.13 Å². The first-order chi connectivity index (χ1) is 7.65. The average Bonchev–Trinajstić information content (AvgIpc) is 2.57. The monoisotopic (exact) mass is 300 g/mol. The molecule has 0 aliphatic heterocycles. The van der Waals surface area contributed by atoms with Crippen molar-refractivity contribution in [1.82, 2.24) is 4.98 Å². The lowest BCUT2D eigenvalue weighted by Crippen LogP contribution is -1.93. The highest BCUT2D eigenvalue weighted by molar-refractivity contribution is 9.11. The minimum Gasteiger partial charge on any atom is -0.375 e. The summed E-state index contributed by atoms with van der Waals surface area (Å²) in [5.41, 5.74) is 7.66. The van der Waals surface area contributed by atoms with Crippen molar-refractivity contribution in [2.24, 2.45) is 0 Å². The van der Waals surface area contributed by atoms with Crippen molar-refractivity contribution in [2.45, 2.75) is 12.8 Å². The summed E-state index contributed by atoms with van der Waals surface area (Å²) in [5, 5.41) is 0.570. The van der Waals surface area contributed by atoms with Crippen LogP contribution in [0.4, 0.5) is 9.52 Å². The smallest absolute Gasteiger partial charge is 0.181 e. The maximum Gasteiger partial charge on any atom is 0.181 e. The molecule has 1 heterocycles. The van der Waals surface area contributed by atoms with Gasteiger partial charge in [0.15, 0.2) is 5.13 Å². The first-order valence-electron chi connectivity index (χ1n) is 4.80. The number of nitrogens with two attached hydrogens (primary N) is 1. The molecule has 16 heavy (non-hydrogen) atoms. The number of nitrogens with zero attached hydrogens (tertiary/aromatic N) is 1. The Morgan fingerprint density at radius 2 is 1.94 bits per heavy atom. The minimum absolute atomic E-state index is 0.206. The Kier molecular flexibility index (Phi) is 3.56. The standard InChI is InChI=1S/C11H10BrFN2S/c12-10-9(15-11(14)16-10)6-3-7-1-4-8(13)5-2-7/h1-2,4-5H,3,6H2,(H2,14,15). The van der Waals surface area contributed by atoms with Gasteiger partial charge in [-0.2, -0.15) is 0 Å². The summed E-state index contributed by atoms with van der Waals surface area (Å²) >= 11 is 4.85. The van der Waals surface area contributed by atoms with Crippen LogP contribution in [0.1, 0.15) is 11.3 Å². The summed E-state index contributed by atoms with van der Waals surface area (Å²) in [4.78, 5) is 4.22. The molecule has 0 spiro atoms. The third kappa shape index (κ3) is 2.80. The van der Waals surface area contributed by atoms with Crippen molar-refractivity contribution in [2.75, 3.05) is 5.73 Å². The van der Waals surface area contributed by atoms with E-state index in [1.165, 1.54) is 23.5 Å². The fraction of sp³-hybridized carbons (Fsp3) is 0.182. The van der Waals surface area contributed by atoms with Crippen molar-refractivity contribution in [3.05, 3.63) is 45.1 Å². The van der Waals surface area contributed by atoms with Gasteiger partial charge in [-0.3, -0.25) is 0 Å². The van der Waals surface area contributed by atoms with Crippen LogP contribution in [0.2, 0.25) is 0 Å². The Hall–Kier alpha value is -0.940. The maximum atomic E-state index is 12.7. The van der Waals surface area contributed by atoms with Crippen LogP contribution in [-0.4, -0.2) is 4.98 Å². The highest BCUT2D eigenvalue weighted by Gasteiger charge is 2.06. The predicted molar refractivity (Wildman–Crippen MR) is 68.0 cm³/mol. The molecule has 0 saturated carbocycles. The van der Waals surface area contributed by atoms with Gasteiger partial charge < -0.3 is 5.73 Å². The van der Waals surface area contributed by atoms with Crippen LogP contribution in [0.5, 0.6) is 0 Å². The highest BCUT2D eigenvalue weighted by atomic mass is 79.9. The number of aryl methyl sites for hydroxylation is 2. The Balaban J connectivity index is 2.02. The number of aromatic nitrogens is 1. The van der Waals surface area contributed by atoms with E-state index in [9.17, 15) is 4.39 Å². The predicted octanol–water partition coefficient (Wildman–Crippen LogP) is 3.41. The molecule has 0 unspecified atom stereocenters. The van der Waals surface area contributed by atoms with Gasteiger partial charge in [-0.1, -0.05) is 23.5 Å². The van der Waals surface area contributed by atoms with Crippen LogP contribution < -0.4 is 5.73 Å². The highest BCUT2D eigenvalue weighted by Crippen LogP contribution is 2.27. The largest absolute Gasteiger partial charge is 0.375 e. The number of benzene rings is 1. The number of thiazole rings is 1. The Labute approximate surface area is 105 Å². The fourth-order valence-electron chi connectivity index (χ4n) is 1.42. The van der Waals surface area contributed by atoms with Crippen LogP contribution in [0.3, 0.4) is 0 Å². The number of hydrogen-bond donors (Lipinski definition) is 1. The summed E-state index contributed by atoms with van der Waals surface area (Å²) in [7, 11) is 0. The van der Waals surface area contributed by atoms with Crippen LogP contribution in [0.15, 0.2) is 28.1 Å². The molecular formula is C11H10BrFN2S. The van der Waals surface area contributed by atoms with Crippen molar-refractivity contribution in [3.8, 4) is 0 Å². The zero-order valence-electron chi connectivity index (χ0n) is 8.41. The average molecular weight is 301 g/mol. The van der Waals surface area contributed by atoms with E-state index in [2.05, 4.69) is 20.9 Å². The molecule has 5 heteroatoms. The van der Waals surface area contributed by atoms with E-state index in [4.69, 9.17) is 5.73 Å². The first kappa shape index (κ1) is 11.5. The maximum absolute atomic E-state index is 12.7. The second-order valence-electron chi connectivity index (χ2n) is 3.40. The zero-order valence-corrected chi connectivity index (χ0v) is 10.8. The van der Waals surface area contributed by atoms with Gasteiger partial charge in [-0.25, -0.2) is 9.37 Å². The van der Waals surface area contributed by atoms with E-state index >= 15 is 0 Å².